The summed E-state index contributed by atoms with van der Waals surface area (Å²) >= 11 is 1.12. The summed E-state index contributed by atoms with van der Waals surface area (Å²) in [6.07, 6.45) is 1.74. The summed E-state index contributed by atoms with van der Waals surface area (Å²) in [7, 11) is -3.54. The van der Waals surface area contributed by atoms with Crippen LogP contribution in [0.25, 0.3) is 11.5 Å². The third kappa shape index (κ3) is 4.97. The predicted molar refractivity (Wildman–Crippen MR) is 118 cm³/mol. The number of sulfonamides is 1. The standard InChI is InChI=1S/C21H22N4O4S2/c1-15-7-2-3-10-18(15)20-23-24-21(29-20)30-14-19(26)22-16-8-6-9-17(13-16)31(27,28)25-11-4-5-12-25/h2-3,6-10,13H,4-5,11-12,14H2,1H3,(H,22,26). The van der Waals surface area contributed by atoms with Gasteiger partial charge in [-0.05, 0) is 49.6 Å². The fourth-order valence-electron chi connectivity index (χ4n) is 3.33. The highest BCUT2D eigenvalue weighted by atomic mass is 32.2. The summed E-state index contributed by atoms with van der Waals surface area (Å²) in [5.74, 6) is 0.163. The quantitative estimate of drug-likeness (QED) is 0.540. The number of carbonyl (C=O) groups is 1. The summed E-state index contributed by atoms with van der Waals surface area (Å²) in [6.45, 7) is 3.02. The van der Waals surface area contributed by atoms with Crippen molar-refractivity contribution in [1.82, 2.24) is 14.5 Å². The zero-order chi connectivity index (χ0) is 21.8. The lowest BCUT2D eigenvalue weighted by Gasteiger charge is -2.16. The number of carbonyl (C=O) groups excluding carboxylic acids is 1. The fourth-order valence-corrected chi connectivity index (χ4v) is 5.45. The Hall–Kier alpha value is -2.69. The van der Waals surface area contributed by atoms with Gasteiger partial charge in [-0.25, -0.2) is 8.42 Å². The van der Waals surface area contributed by atoms with Gasteiger partial charge in [0.15, 0.2) is 0 Å². The second-order valence-corrected chi connectivity index (χ2v) is 10.0. The van der Waals surface area contributed by atoms with Gasteiger partial charge in [0, 0.05) is 24.3 Å². The largest absolute Gasteiger partial charge is 0.411 e. The van der Waals surface area contributed by atoms with Crippen molar-refractivity contribution in [3.8, 4) is 11.5 Å². The van der Waals surface area contributed by atoms with Crippen molar-refractivity contribution in [1.29, 1.82) is 0 Å². The van der Waals surface area contributed by atoms with Crippen molar-refractivity contribution < 1.29 is 17.6 Å². The lowest BCUT2D eigenvalue weighted by atomic mass is 10.1. The number of amides is 1. The molecule has 1 N–H and O–H groups in total. The molecule has 0 atom stereocenters. The molecule has 4 rings (SSSR count). The van der Waals surface area contributed by atoms with E-state index in [0.717, 1.165) is 35.7 Å². The number of hydrogen-bond acceptors (Lipinski definition) is 7. The van der Waals surface area contributed by atoms with E-state index < -0.39 is 10.0 Å². The molecule has 0 bridgehead atoms. The molecule has 1 aliphatic heterocycles. The Morgan fingerprint density at radius 2 is 1.90 bits per heavy atom. The zero-order valence-corrected chi connectivity index (χ0v) is 18.6. The Bertz CT molecular complexity index is 1190. The highest BCUT2D eigenvalue weighted by Crippen LogP contribution is 2.26. The Morgan fingerprint density at radius 1 is 1.13 bits per heavy atom. The maximum absolute atomic E-state index is 12.7. The van der Waals surface area contributed by atoms with E-state index in [1.54, 1.807) is 18.2 Å². The number of benzene rings is 2. The first-order valence-corrected chi connectivity index (χ1v) is 12.3. The average molecular weight is 459 g/mol. The normalized spacial score (nSPS) is 14.6. The Balaban J connectivity index is 1.37. The topological polar surface area (TPSA) is 105 Å². The van der Waals surface area contributed by atoms with Crippen molar-refractivity contribution in [3.05, 3.63) is 54.1 Å². The maximum Gasteiger partial charge on any atom is 0.277 e. The van der Waals surface area contributed by atoms with Crippen LogP contribution in [-0.4, -0.2) is 47.7 Å². The molecule has 0 spiro atoms. The van der Waals surface area contributed by atoms with Crippen LogP contribution in [-0.2, 0) is 14.8 Å². The van der Waals surface area contributed by atoms with Crippen molar-refractivity contribution in [2.75, 3.05) is 24.2 Å². The van der Waals surface area contributed by atoms with Crippen LogP contribution in [0.5, 0.6) is 0 Å². The molecule has 0 unspecified atom stereocenters. The third-order valence-electron chi connectivity index (χ3n) is 4.93. The summed E-state index contributed by atoms with van der Waals surface area (Å²) in [5, 5.41) is 11.1. The van der Waals surface area contributed by atoms with Crippen LogP contribution in [0.15, 0.2) is 63.1 Å². The fraction of sp³-hybridized carbons (Fsp3) is 0.286. The molecule has 10 heteroatoms. The van der Waals surface area contributed by atoms with E-state index in [9.17, 15) is 13.2 Å². The molecule has 2 heterocycles. The molecule has 1 fully saturated rings. The number of hydrogen-bond donors (Lipinski definition) is 1. The van der Waals surface area contributed by atoms with E-state index in [2.05, 4.69) is 15.5 Å². The molecule has 1 aromatic heterocycles. The first kappa shape index (κ1) is 21.5. The first-order valence-electron chi connectivity index (χ1n) is 9.86. The molecular weight excluding hydrogens is 436 g/mol. The van der Waals surface area contributed by atoms with Crippen molar-refractivity contribution in [2.45, 2.75) is 29.9 Å². The number of nitrogens with one attached hydrogen (secondary N) is 1. The van der Waals surface area contributed by atoms with E-state index in [-0.39, 0.29) is 16.6 Å². The van der Waals surface area contributed by atoms with Crippen LogP contribution in [0.1, 0.15) is 18.4 Å². The number of aromatic nitrogens is 2. The van der Waals surface area contributed by atoms with Crippen molar-refractivity contribution in [2.24, 2.45) is 0 Å². The minimum Gasteiger partial charge on any atom is -0.411 e. The van der Waals surface area contributed by atoms with E-state index in [1.807, 2.05) is 31.2 Å². The minimum absolute atomic E-state index is 0.0541. The molecule has 0 aliphatic carbocycles. The maximum atomic E-state index is 12.7. The smallest absolute Gasteiger partial charge is 0.277 e. The molecule has 2 aromatic carbocycles. The molecule has 31 heavy (non-hydrogen) atoms. The van der Waals surface area contributed by atoms with E-state index in [0.29, 0.717) is 29.9 Å². The molecular formula is C21H22N4O4S2. The van der Waals surface area contributed by atoms with Crippen LogP contribution >= 0.6 is 11.8 Å². The molecule has 1 aliphatic rings. The molecule has 3 aromatic rings. The van der Waals surface area contributed by atoms with E-state index in [4.69, 9.17) is 4.42 Å². The van der Waals surface area contributed by atoms with E-state index in [1.165, 1.54) is 10.4 Å². The van der Waals surface area contributed by atoms with Gasteiger partial charge in [-0.1, -0.05) is 36.0 Å². The molecule has 1 amide bonds. The lowest BCUT2D eigenvalue weighted by Crippen LogP contribution is -2.28. The zero-order valence-electron chi connectivity index (χ0n) is 16.9. The second kappa shape index (κ2) is 9.21. The van der Waals surface area contributed by atoms with Gasteiger partial charge in [0.05, 0.1) is 10.6 Å². The summed E-state index contributed by atoms with van der Waals surface area (Å²) in [6, 6.07) is 14.0. The van der Waals surface area contributed by atoms with Crippen LogP contribution in [0.3, 0.4) is 0 Å². The van der Waals surface area contributed by atoms with Crippen LogP contribution in [0.4, 0.5) is 5.69 Å². The highest BCUT2D eigenvalue weighted by Gasteiger charge is 2.27. The molecule has 8 nitrogen and oxygen atoms in total. The number of aryl methyl sites for hydroxylation is 1. The van der Waals surface area contributed by atoms with Gasteiger partial charge < -0.3 is 9.73 Å². The van der Waals surface area contributed by atoms with Gasteiger partial charge >= 0.3 is 0 Å². The molecule has 162 valence electrons. The van der Waals surface area contributed by atoms with Gasteiger partial charge in [0.1, 0.15) is 0 Å². The lowest BCUT2D eigenvalue weighted by molar-refractivity contribution is -0.113. The number of thioether (sulfide) groups is 1. The van der Waals surface area contributed by atoms with Crippen molar-refractivity contribution >= 4 is 33.4 Å². The summed E-state index contributed by atoms with van der Waals surface area (Å²) in [4.78, 5) is 12.5. The number of anilines is 1. The van der Waals surface area contributed by atoms with Gasteiger partial charge in [-0.2, -0.15) is 4.31 Å². The summed E-state index contributed by atoms with van der Waals surface area (Å²) in [5.41, 5.74) is 2.29. The SMILES string of the molecule is Cc1ccccc1-c1nnc(SCC(=O)Nc2cccc(S(=O)(=O)N3CCCC3)c2)o1. The average Bonchev–Trinajstić information content (AvgIpc) is 3.46. The number of nitrogens with zero attached hydrogens (tertiary/aromatic N) is 3. The van der Waals surface area contributed by atoms with E-state index >= 15 is 0 Å². The van der Waals surface area contributed by atoms with Gasteiger partial charge in [-0.3, -0.25) is 4.79 Å². The van der Waals surface area contributed by atoms with Crippen LogP contribution in [0, 0.1) is 6.92 Å². The summed E-state index contributed by atoms with van der Waals surface area (Å²) < 4.78 is 32.5. The van der Waals surface area contributed by atoms with Crippen LogP contribution < -0.4 is 5.32 Å². The van der Waals surface area contributed by atoms with Crippen molar-refractivity contribution in [3.63, 3.8) is 0 Å². The predicted octanol–water partition coefficient (Wildman–Crippen LogP) is 3.56. The Labute approximate surface area is 185 Å². The third-order valence-corrected chi connectivity index (χ3v) is 7.64. The Morgan fingerprint density at radius 3 is 2.68 bits per heavy atom. The van der Waals surface area contributed by atoms with Gasteiger partial charge in [0.25, 0.3) is 5.22 Å². The van der Waals surface area contributed by atoms with Gasteiger partial charge in [-0.15, -0.1) is 10.2 Å². The molecule has 1 saturated heterocycles. The minimum atomic E-state index is -3.54. The number of rotatable bonds is 7. The molecule has 0 radical (unpaired) electrons. The monoisotopic (exact) mass is 458 g/mol. The highest BCUT2D eigenvalue weighted by molar-refractivity contribution is 7.99. The first-order chi connectivity index (χ1) is 14.9. The van der Waals surface area contributed by atoms with Gasteiger partial charge in [0.2, 0.25) is 21.8 Å². The Kier molecular flexibility index (Phi) is 6.40. The molecule has 0 saturated carbocycles. The van der Waals surface area contributed by atoms with Crippen LogP contribution in [0.2, 0.25) is 0 Å². The second-order valence-electron chi connectivity index (χ2n) is 7.16.